The molecule has 0 spiro atoms. The minimum Gasteiger partial charge on any atom is -0.384 e. The highest BCUT2D eigenvalue weighted by Gasteiger charge is 2.60. The molecule has 0 aromatic carbocycles. The van der Waals surface area contributed by atoms with E-state index in [9.17, 15) is 9.67 Å². The van der Waals surface area contributed by atoms with E-state index in [0.717, 1.165) is 0 Å². The SMILES string of the molecule is [2H]POP1(=O)OC[C@H]2O[C@@H](n3cc([N+]#[C-])c4c(N)ncnc43)[C@](C)(O)[C@@H]2O1. The number of ether oxygens (including phenoxy) is 1. The number of nitrogen functional groups attached to an aromatic ring is 1. The number of aromatic nitrogens is 3. The molecule has 3 N–H and O–H groups in total. The topological polar surface area (TPSA) is 135 Å². The van der Waals surface area contributed by atoms with Crippen LogP contribution in [0.4, 0.5) is 11.5 Å². The molecular formula is C13H15N5O6P2. The summed E-state index contributed by atoms with van der Waals surface area (Å²) in [5.41, 5.74) is 4.73. The second kappa shape index (κ2) is 5.94. The molecule has 4 heterocycles. The van der Waals surface area contributed by atoms with Crippen LogP contribution in [0.15, 0.2) is 12.5 Å². The number of aliphatic hydroxyl groups is 1. The molecule has 2 aliphatic rings. The van der Waals surface area contributed by atoms with Crippen molar-refractivity contribution in [3.63, 3.8) is 0 Å². The molecule has 26 heavy (non-hydrogen) atoms. The Labute approximate surface area is 151 Å². The second-order valence-corrected chi connectivity index (χ2v) is 8.20. The van der Waals surface area contributed by atoms with Gasteiger partial charge in [-0.15, -0.1) is 0 Å². The lowest BCUT2D eigenvalue weighted by atomic mass is 9.96. The number of nitrogens with zero attached hydrogens (tertiary/aromatic N) is 4. The molecule has 0 amide bonds. The van der Waals surface area contributed by atoms with Gasteiger partial charge in [0.1, 0.15) is 35.6 Å². The van der Waals surface area contributed by atoms with Gasteiger partial charge in [0.15, 0.2) is 6.23 Å². The van der Waals surface area contributed by atoms with Gasteiger partial charge < -0.3 is 20.1 Å². The third-order valence-corrected chi connectivity index (χ3v) is 6.31. The summed E-state index contributed by atoms with van der Waals surface area (Å²) in [5, 5.41) is 11.5. The third kappa shape index (κ3) is 2.47. The Kier molecular flexibility index (Phi) is 3.78. The lowest BCUT2D eigenvalue weighted by Crippen LogP contribution is -2.47. The molecule has 138 valence electrons. The first-order chi connectivity index (χ1) is 12.8. The monoisotopic (exact) mass is 400 g/mol. The number of hydrogen-bond donors (Lipinski definition) is 2. The zero-order valence-corrected chi connectivity index (χ0v) is 15.3. The largest absolute Gasteiger partial charge is 0.478 e. The van der Waals surface area contributed by atoms with E-state index in [1.165, 1.54) is 24.0 Å². The van der Waals surface area contributed by atoms with Gasteiger partial charge >= 0.3 is 7.82 Å². The van der Waals surface area contributed by atoms with Gasteiger partial charge in [0.2, 0.25) is 5.69 Å². The van der Waals surface area contributed by atoms with Crippen LogP contribution in [0.2, 0.25) is 0 Å². The zero-order valence-electron chi connectivity index (χ0n) is 14.4. The van der Waals surface area contributed by atoms with E-state index in [1.54, 1.807) is 0 Å². The van der Waals surface area contributed by atoms with Crippen molar-refractivity contribution in [3.05, 3.63) is 23.9 Å². The molecule has 0 radical (unpaired) electrons. The first-order valence-electron chi connectivity index (χ1n) is 7.95. The zero-order chi connectivity index (χ0) is 19.4. The molecule has 4 rings (SSSR count). The van der Waals surface area contributed by atoms with Crippen LogP contribution in [0.3, 0.4) is 0 Å². The average molecular weight is 400 g/mol. The Morgan fingerprint density at radius 1 is 1.69 bits per heavy atom. The van der Waals surface area contributed by atoms with Crippen molar-refractivity contribution in [1.82, 2.24) is 14.5 Å². The maximum Gasteiger partial charge on any atom is 0.478 e. The van der Waals surface area contributed by atoms with Crippen LogP contribution >= 0.6 is 17.2 Å². The molecule has 2 aromatic rings. The number of phosphoric acid groups is 1. The van der Waals surface area contributed by atoms with Crippen LogP contribution in [-0.2, 0) is 22.7 Å². The van der Waals surface area contributed by atoms with Gasteiger partial charge in [-0.1, -0.05) is 0 Å². The quantitative estimate of drug-likeness (QED) is 0.581. The Bertz CT molecular complexity index is 993. The normalized spacial score (nSPS) is 37.7. The molecule has 2 aliphatic heterocycles. The summed E-state index contributed by atoms with van der Waals surface area (Å²) in [6, 6.07) is 0. The van der Waals surface area contributed by atoms with E-state index in [-0.39, 0.29) is 18.1 Å². The van der Waals surface area contributed by atoms with Crippen LogP contribution in [0.1, 0.15) is 13.2 Å². The highest BCUT2D eigenvalue weighted by atomic mass is 31.2. The fourth-order valence-corrected chi connectivity index (χ4v) is 4.67. The van der Waals surface area contributed by atoms with E-state index in [1.807, 2.05) is 0 Å². The summed E-state index contributed by atoms with van der Waals surface area (Å²) in [6.07, 6.45) is -0.0888. The average Bonchev–Trinajstić information content (AvgIpc) is 3.11. The summed E-state index contributed by atoms with van der Waals surface area (Å²) in [5.74, 6) is 0.133. The molecule has 0 aliphatic carbocycles. The van der Waals surface area contributed by atoms with Gasteiger partial charge in [-0.05, 0) is 6.92 Å². The third-order valence-electron chi connectivity index (χ3n) is 4.46. The van der Waals surface area contributed by atoms with Gasteiger partial charge in [0, 0.05) is 15.6 Å². The minimum atomic E-state index is -3.96. The molecule has 0 saturated carbocycles. The van der Waals surface area contributed by atoms with E-state index in [2.05, 4.69) is 14.8 Å². The predicted molar refractivity (Wildman–Crippen MR) is 92.0 cm³/mol. The first kappa shape index (κ1) is 16.5. The van der Waals surface area contributed by atoms with Crippen molar-refractivity contribution in [2.75, 3.05) is 12.3 Å². The summed E-state index contributed by atoms with van der Waals surface area (Å²) >= 11 is 0. The molecule has 13 heteroatoms. The highest BCUT2D eigenvalue weighted by Crippen LogP contribution is 2.60. The standard InChI is InChI=1S/C13H15N5O6P2/c1-13(19)9-7(4-21-26(20,23-9)24-25)22-12(13)18-3-6(15-2)8-10(14)16-5-17-11(8)18/h3,5,7,9,12,19H,4,25H2,1H3,(H2,14,16,17)/t7-,9-,12-,13-,26?/m1/s1/i25D/t7-,9-,12-,13-,25?,26?. The van der Waals surface area contributed by atoms with Gasteiger partial charge in [0.25, 0.3) is 0 Å². The fourth-order valence-electron chi connectivity index (χ4n) is 3.27. The molecule has 6 atom stereocenters. The van der Waals surface area contributed by atoms with Gasteiger partial charge in [0.05, 0.1) is 19.8 Å². The number of fused-ring (bicyclic) bond motifs is 2. The maximum atomic E-state index is 12.4. The van der Waals surface area contributed by atoms with Crippen molar-refractivity contribution >= 4 is 39.8 Å². The fraction of sp³-hybridized carbons (Fsp3) is 0.462. The molecule has 2 unspecified atom stereocenters. The molecular weight excluding hydrogens is 384 g/mol. The van der Waals surface area contributed by atoms with Gasteiger partial charge in [-0.2, -0.15) is 0 Å². The van der Waals surface area contributed by atoms with Crippen LogP contribution in [-0.4, -0.2) is 45.3 Å². The second-order valence-electron chi connectivity index (χ2n) is 6.10. The predicted octanol–water partition coefficient (Wildman–Crippen LogP) is 1.54. The molecule has 0 bridgehead atoms. The number of anilines is 1. The Morgan fingerprint density at radius 2 is 2.50 bits per heavy atom. The molecule has 11 nitrogen and oxygen atoms in total. The minimum absolute atomic E-state index is 0.133. The first-order valence-corrected chi connectivity index (χ1v) is 9.32. The summed E-state index contributed by atoms with van der Waals surface area (Å²) in [6.45, 7) is 8.65. The summed E-state index contributed by atoms with van der Waals surface area (Å²) < 4.78 is 42.1. The summed E-state index contributed by atoms with van der Waals surface area (Å²) in [7, 11) is -4.81. The van der Waals surface area contributed by atoms with E-state index in [0.29, 0.717) is 11.0 Å². The molecule has 2 fully saturated rings. The number of hydrogen-bond acceptors (Lipinski definition) is 9. The van der Waals surface area contributed by atoms with Crippen LogP contribution in [0.5, 0.6) is 0 Å². The van der Waals surface area contributed by atoms with E-state index >= 15 is 0 Å². The van der Waals surface area contributed by atoms with E-state index < -0.39 is 41.3 Å². The van der Waals surface area contributed by atoms with Crippen molar-refractivity contribution in [3.8, 4) is 0 Å². The van der Waals surface area contributed by atoms with Crippen molar-refractivity contribution in [1.29, 1.82) is 1.28 Å². The summed E-state index contributed by atoms with van der Waals surface area (Å²) in [4.78, 5) is 11.5. The van der Waals surface area contributed by atoms with E-state index in [4.69, 9.17) is 31.7 Å². The maximum absolute atomic E-state index is 12.4. The molecule has 2 aromatic heterocycles. The number of rotatable bonds is 3. The van der Waals surface area contributed by atoms with Gasteiger partial charge in [-0.25, -0.2) is 19.4 Å². The van der Waals surface area contributed by atoms with Crippen molar-refractivity contribution in [2.45, 2.75) is 31.0 Å². The van der Waals surface area contributed by atoms with Crippen LogP contribution in [0.25, 0.3) is 15.9 Å². The van der Waals surface area contributed by atoms with Crippen LogP contribution in [0, 0.1) is 6.57 Å². The lowest BCUT2D eigenvalue weighted by Gasteiger charge is -2.34. The highest BCUT2D eigenvalue weighted by molar-refractivity contribution is 7.53. The Morgan fingerprint density at radius 3 is 3.23 bits per heavy atom. The smallest absolute Gasteiger partial charge is 0.384 e. The van der Waals surface area contributed by atoms with Crippen LogP contribution < -0.4 is 5.73 Å². The van der Waals surface area contributed by atoms with Gasteiger partial charge in [-0.3, -0.25) is 13.4 Å². The number of phosphoric ester groups is 1. The Balaban J connectivity index is 1.77. The van der Waals surface area contributed by atoms with Crippen molar-refractivity contribution in [2.24, 2.45) is 0 Å². The van der Waals surface area contributed by atoms with Crippen molar-refractivity contribution < 1.29 is 27.8 Å². The lowest BCUT2D eigenvalue weighted by molar-refractivity contribution is -0.0894. The Hall–Kier alpha value is -1.63. The molecule has 2 saturated heterocycles. The number of nitrogens with two attached hydrogens (primary N) is 1.